The van der Waals surface area contributed by atoms with Gasteiger partial charge in [-0.25, -0.2) is 27.9 Å². The maximum absolute atomic E-state index is 16.2. The van der Waals surface area contributed by atoms with E-state index in [1.807, 2.05) is 0 Å². The van der Waals surface area contributed by atoms with E-state index in [1.165, 1.54) is 16.7 Å². The molecule has 5 rings (SSSR count). The van der Waals surface area contributed by atoms with Crippen LogP contribution in [0.4, 0.5) is 23.8 Å². The highest BCUT2D eigenvalue weighted by atomic mass is 32.2. The Morgan fingerprint density at radius 1 is 1.22 bits per heavy atom. The molecule has 2 fully saturated rings. The molecular weight excluding hydrogens is 441 g/mol. The van der Waals surface area contributed by atoms with Gasteiger partial charge in [0.1, 0.15) is 22.8 Å². The second-order valence-corrected chi connectivity index (χ2v) is 10.5. The van der Waals surface area contributed by atoms with E-state index in [4.69, 9.17) is 4.74 Å². The number of piperazine rings is 1. The number of nitrogens with zero attached hydrogens (tertiary/aromatic N) is 4. The van der Waals surface area contributed by atoms with Crippen LogP contribution < -0.4 is 4.90 Å². The standard InChI is InChI=1S/C22H25F3N4O2S/c1-21(2,3)31-20(30)29-15-7-8-22(29,25)10-28-14(15)6-5-11-12(23)9-13(24)17-16(11)18(28)27-19(26-17)32-4/h9,14-15H,5-8,10H2,1-4H3/t14-,15-,22+/m0/s1. The summed E-state index contributed by atoms with van der Waals surface area (Å²) in [5.41, 5.74) is -0.367. The second kappa shape index (κ2) is 7.13. The third-order valence-corrected chi connectivity index (χ3v) is 7.07. The van der Waals surface area contributed by atoms with Gasteiger partial charge in [0, 0.05) is 18.1 Å². The largest absolute Gasteiger partial charge is 0.444 e. The molecule has 4 heterocycles. The lowest BCUT2D eigenvalue weighted by Crippen LogP contribution is -2.66. The van der Waals surface area contributed by atoms with Crippen LogP contribution in [0.5, 0.6) is 0 Å². The first-order valence-corrected chi connectivity index (χ1v) is 12.0. The van der Waals surface area contributed by atoms with Crippen molar-refractivity contribution < 1.29 is 22.7 Å². The highest BCUT2D eigenvalue weighted by molar-refractivity contribution is 7.98. The molecule has 32 heavy (non-hydrogen) atoms. The maximum atomic E-state index is 16.2. The number of anilines is 1. The SMILES string of the molecule is CSc1nc2c3c(c(F)cc(F)c3n1)CC[C@H]1[C@@H]3CC[C@](F)(CN21)N3C(=O)OC(C)(C)C. The first-order valence-electron chi connectivity index (χ1n) is 10.7. The van der Waals surface area contributed by atoms with E-state index in [0.29, 0.717) is 41.2 Å². The normalized spacial score (nSPS) is 26.8. The van der Waals surface area contributed by atoms with Gasteiger partial charge in [-0.1, -0.05) is 11.8 Å². The molecule has 3 aliphatic rings. The molecule has 2 bridgehead atoms. The Labute approximate surface area is 188 Å². The van der Waals surface area contributed by atoms with Gasteiger partial charge in [0.05, 0.1) is 24.0 Å². The Kier molecular flexibility index (Phi) is 4.82. The van der Waals surface area contributed by atoms with Crippen LogP contribution in [0.15, 0.2) is 11.2 Å². The number of hydrogen-bond donors (Lipinski definition) is 0. The summed E-state index contributed by atoms with van der Waals surface area (Å²) in [5.74, 6) is -3.02. The van der Waals surface area contributed by atoms with Crippen LogP contribution in [0.25, 0.3) is 10.9 Å². The summed E-state index contributed by atoms with van der Waals surface area (Å²) in [7, 11) is 0. The first-order chi connectivity index (χ1) is 15.0. The zero-order valence-corrected chi connectivity index (χ0v) is 19.2. The Balaban J connectivity index is 1.65. The Bertz CT molecular complexity index is 1120. The highest BCUT2D eigenvalue weighted by Crippen LogP contribution is 2.49. The minimum absolute atomic E-state index is 0.0474. The van der Waals surface area contributed by atoms with Crippen molar-refractivity contribution in [2.24, 2.45) is 0 Å². The number of carbonyl (C=O) groups excluding carboxylic acids is 1. The molecule has 172 valence electrons. The van der Waals surface area contributed by atoms with Gasteiger partial charge < -0.3 is 9.64 Å². The van der Waals surface area contributed by atoms with Crippen molar-refractivity contribution in [2.45, 2.75) is 75.1 Å². The molecule has 0 radical (unpaired) electrons. The number of halogens is 3. The number of carbonyl (C=O) groups is 1. The third kappa shape index (κ3) is 3.21. The number of amides is 1. The van der Waals surface area contributed by atoms with Crippen LogP contribution in [0, 0.1) is 11.6 Å². The fourth-order valence-electron chi connectivity index (χ4n) is 5.31. The van der Waals surface area contributed by atoms with Crippen molar-refractivity contribution in [3.8, 4) is 0 Å². The van der Waals surface area contributed by atoms with Crippen molar-refractivity contribution >= 4 is 34.6 Å². The van der Waals surface area contributed by atoms with Gasteiger partial charge in [0.2, 0.25) is 5.79 Å². The molecule has 0 aliphatic carbocycles. The molecule has 1 amide bonds. The molecular formula is C22H25F3N4O2S. The summed E-state index contributed by atoms with van der Waals surface area (Å²) >= 11 is 1.24. The molecule has 0 unspecified atom stereocenters. The molecule has 3 aliphatic heterocycles. The quantitative estimate of drug-likeness (QED) is 0.341. The molecule has 10 heteroatoms. The number of aromatic nitrogens is 2. The number of benzene rings is 1. The van der Waals surface area contributed by atoms with Crippen LogP contribution in [0.1, 0.15) is 45.6 Å². The lowest BCUT2D eigenvalue weighted by molar-refractivity contribution is -0.0581. The fraction of sp³-hybridized carbons (Fsp3) is 0.591. The van der Waals surface area contributed by atoms with E-state index < -0.39 is 35.2 Å². The van der Waals surface area contributed by atoms with E-state index in [2.05, 4.69) is 9.97 Å². The highest BCUT2D eigenvalue weighted by Gasteiger charge is 2.60. The maximum Gasteiger partial charge on any atom is 0.413 e. The Morgan fingerprint density at radius 2 is 1.97 bits per heavy atom. The topological polar surface area (TPSA) is 58.6 Å². The number of rotatable bonds is 1. The molecule has 1 aromatic carbocycles. The monoisotopic (exact) mass is 466 g/mol. The summed E-state index contributed by atoms with van der Waals surface area (Å²) in [6, 6.07) is 0.115. The predicted octanol–water partition coefficient (Wildman–Crippen LogP) is 4.83. The summed E-state index contributed by atoms with van der Waals surface area (Å²) in [6.45, 7) is 5.10. The number of alkyl halides is 1. The smallest absolute Gasteiger partial charge is 0.413 e. The molecule has 2 aromatic rings. The van der Waals surface area contributed by atoms with Crippen molar-refractivity contribution in [2.75, 3.05) is 17.7 Å². The van der Waals surface area contributed by atoms with Gasteiger partial charge in [-0.2, -0.15) is 0 Å². The Morgan fingerprint density at radius 3 is 2.66 bits per heavy atom. The van der Waals surface area contributed by atoms with E-state index in [1.54, 1.807) is 31.9 Å². The molecule has 0 N–H and O–H groups in total. The molecule has 2 saturated heterocycles. The van der Waals surface area contributed by atoms with Crippen LogP contribution in [-0.4, -0.2) is 57.2 Å². The number of aryl methyl sites for hydroxylation is 1. The van der Waals surface area contributed by atoms with Crippen molar-refractivity contribution in [3.05, 3.63) is 23.3 Å². The van der Waals surface area contributed by atoms with Gasteiger partial charge >= 0.3 is 6.09 Å². The number of hydrogen-bond acceptors (Lipinski definition) is 6. The minimum Gasteiger partial charge on any atom is -0.444 e. The van der Waals surface area contributed by atoms with E-state index in [-0.39, 0.29) is 24.5 Å². The molecule has 3 atom stereocenters. The lowest BCUT2D eigenvalue weighted by Gasteiger charge is -2.49. The summed E-state index contributed by atoms with van der Waals surface area (Å²) in [4.78, 5) is 24.8. The van der Waals surface area contributed by atoms with Crippen molar-refractivity contribution in [1.82, 2.24) is 14.9 Å². The van der Waals surface area contributed by atoms with Gasteiger partial charge in [-0.05, 0) is 46.3 Å². The second-order valence-electron chi connectivity index (χ2n) is 9.68. The summed E-state index contributed by atoms with van der Waals surface area (Å²) in [5, 5.41) is 0.635. The fourth-order valence-corrected chi connectivity index (χ4v) is 5.67. The number of ether oxygens (including phenoxy) is 1. The van der Waals surface area contributed by atoms with Crippen molar-refractivity contribution in [3.63, 3.8) is 0 Å². The number of thioether (sulfide) groups is 1. The van der Waals surface area contributed by atoms with Gasteiger partial charge in [-0.15, -0.1) is 0 Å². The molecule has 1 aromatic heterocycles. The van der Waals surface area contributed by atoms with Crippen LogP contribution >= 0.6 is 11.8 Å². The molecule has 0 saturated carbocycles. The van der Waals surface area contributed by atoms with Crippen molar-refractivity contribution in [1.29, 1.82) is 0 Å². The average Bonchev–Trinajstić information content (AvgIpc) is 2.85. The lowest BCUT2D eigenvalue weighted by atomic mass is 9.97. The average molecular weight is 467 g/mol. The van der Waals surface area contributed by atoms with Gasteiger partial charge in [0.25, 0.3) is 0 Å². The first kappa shape index (κ1) is 21.6. The number of fused-ring (bicyclic) bond motifs is 5. The van der Waals surface area contributed by atoms with E-state index in [9.17, 15) is 13.6 Å². The Hall–Kier alpha value is -2.23. The van der Waals surface area contributed by atoms with E-state index in [0.717, 1.165) is 6.07 Å². The zero-order chi connectivity index (χ0) is 23.0. The van der Waals surface area contributed by atoms with Crippen LogP contribution in [0.3, 0.4) is 0 Å². The molecule has 6 nitrogen and oxygen atoms in total. The summed E-state index contributed by atoms with van der Waals surface area (Å²) < 4.78 is 51.3. The molecule has 0 spiro atoms. The van der Waals surface area contributed by atoms with E-state index >= 15 is 4.39 Å². The third-order valence-electron chi connectivity index (χ3n) is 6.52. The van der Waals surface area contributed by atoms with Crippen LogP contribution in [-0.2, 0) is 11.2 Å². The summed E-state index contributed by atoms with van der Waals surface area (Å²) in [6.07, 6.45) is 2.52. The van der Waals surface area contributed by atoms with Crippen LogP contribution in [0.2, 0.25) is 0 Å². The minimum atomic E-state index is -1.95. The van der Waals surface area contributed by atoms with Gasteiger partial charge in [0.15, 0.2) is 11.0 Å². The predicted molar refractivity (Wildman–Crippen MR) is 116 cm³/mol. The zero-order valence-electron chi connectivity index (χ0n) is 18.4. The van der Waals surface area contributed by atoms with Gasteiger partial charge in [-0.3, -0.25) is 4.90 Å².